The van der Waals surface area contributed by atoms with E-state index >= 15 is 0 Å². The van der Waals surface area contributed by atoms with Crippen LogP contribution >= 0.6 is 0 Å². The fourth-order valence-electron chi connectivity index (χ4n) is 4.14. The maximum absolute atomic E-state index is 4.41. The Morgan fingerprint density at radius 1 is 0.714 bits per heavy atom. The SMILES string of the molecule is Cc1nnc(-c2ccc(-n3c4ccccc4c4ccccc43)cc2)n1C(C)C. The van der Waals surface area contributed by atoms with E-state index in [9.17, 15) is 0 Å². The molecule has 0 N–H and O–H groups in total. The van der Waals surface area contributed by atoms with E-state index in [2.05, 4.69) is 106 Å². The molecule has 0 fully saturated rings. The molecular weight excluding hydrogens is 344 g/mol. The van der Waals surface area contributed by atoms with E-state index in [-0.39, 0.29) is 0 Å². The van der Waals surface area contributed by atoms with E-state index in [0.29, 0.717) is 6.04 Å². The zero-order chi connectivity index (χ0) is 19.3. The molecule has 0 radical (unpaired) electrons. The summed E-state index contributed by atoms with van der Waals surface area (Å²) in [5, 5.41) is 11.2. The first kappa shape index (κ1) is 16.8. The van der Waals surface area contributed by atoms with Crippen molar-refractivity contribution in [2.45, 2.75) is 26.8 Å². The zero-order valence-corrected chi connectivity index (χ0v) is 16.3. The van der Waals surface area contributed by atoms with Crippen LogP contribution in [-0.4, -0.2) is 19.3 Å². The summed E-state index contributed by atoms with van der Waals surface area (Å²) in [6.07, 6.45) is 0. The summed E-state index contributed by atoms with van der Waals surface area (Å²) in [7, 11) is 0. The molecule has 0 spiro atoms. The second-order valence-corrected chi connectivity index (χ2v) is 7.45. The molecule has 3 aromatic carbocycles. The lowest BCUT2D eigenvalue weighted by atomic mass is 10.1. The molecule has 4 heteroatoms. The van der Waals surface area contributed by atoms with Gasteiger partial charge in [0.15, 0.2) is 5.82 Å². The van der Waals surface area contributed by atoms with E-state index in [0.717, 1.165) is 22.9 Å². The second kappa shape index (κ2) is 6.34. The van der Waals surface area contributed by atoms with E-state index in [4.69, 9.17) is 0 Å². The Balaban J connectivity index is 1.68. The standard InChI is InChI=1S/C24H22N4/c1-16(2)27-17(3)25-26-24(27)18-12-14-19(15-13-18)28-22-10-6-4-8-20(22)21-9-5-7-11-23(21)28/h4-16H,1-3H3. The van der Waals surface area contributed by atoms with Crippen LogP contribution in [0.3, 0.4) is 0 Å². The highest BCUT2D eigenvalue weighted by Crippen LogP contribution is 2.32. The Morgan fingerprint density at radius 3 is 1.86 bits per heavy atom. The minimum absolute atomic E-state index is 0.321. The van der Waals surface area contributed by atoms with Gasteiger partial charge in [0.25, 0.3) is 0 Å². The lowest BCUT2D eigenvalue weighted by molar-refractivity contribution is 0.587. The third kappa shape index (κ3) is 2.45. The fourth-order valence-corrected chi connectivity index (χ4v) is 4.14. The average Bonchev–Trinajstić information content (AvgIpc) is 3.26. The van der Waals surface area contributed by atoms with Gasteiger partial charge in [-0.2, -0.15) is 0 Å². The van der Waals surface area contributed by atoms with Gasteiger partial charge in [0, 0.05) is 28.1 Å². The number of hydrogen-bond acceptors (Lipinski definition) is 2. The molecule has 2 aromatic heterocycles. The predicted octanol–water partition coefficient (Wildman–Crippen LogP) is 5.93. The van der Waals surface area contributed by atoms with Gasteiger partial charge in [0.1, 0.15) is 5.82 Å². The third-order valence-electron chi connectivity index (χ3n) is 5.35. The molecule has 0 unspecified atom stereocenters. The maximum atomic E-state index is 4.41. The van der Waals surface area contributed by atoms with E-state index in [1.165, 1.54) is 21.8 Å². The van der Waals surface area contributed by atoms with Gasteiger partial charge >= 0.3 is 0 Å². The van der Waals surface area contributed by atoms with E-state index in [1.54, 1.807) is 0 Å². The topological polar surface area (TPSA) is 35.6 Å². The van der Waals surface area contributed by atoms with Gasteiger partial charge in [-0.05, 0) is 57.2 Å². The predicted molar refractivity (Wildman–Crippen MR) is 115 cm³/mol. The molecule has 138 valence electrons. The fraction of sp³-hybridized carbons (Fsp3) is 0.167. The summed E-state index contributed by atoms with van der Waals surface area (Å²) in [5.74, 6) is 1.86. The van der Waals surface area contributed by atoms with Crippen molar-refractivity contribution in [1.29, 1.82) is 0 Å². The van der Waals surface area contributed by atoms with Gasteiger partial charge in [0.2, 0.25) is 0 Å². The highest BCUT2D eigenvalue weighted by Gasteiger charge is 2.15. The van der Waals surface area contributed by atoms with Gasteiger partial charge < -0.3 is 9.13 Å². The molecule has 0 atom stereocenters. The average molecular weight is 366 g/mol. The molecule has 0 aliphatic rings. The minimum atomic E-state index is 0.321. The monoisotopic (exact) mass is 366 g/mol. The number of rotatable bonds is 3. The molecular formula is C24H22N4. The smallest absolute Gasteiger partial charge is 0.164 e. The number of aryl methyl sites for hydroxylation is 1. The van der Waals surface area contributed by atoms with Crippen molar-refractivity contribution in [2.75, 3.05) is 0 Å². The first-order valence-electron chi connectivity index (χ1n) is 9.65. The Morgan fingerprint density at radius 2 is 1.29 bits per heavy atom. The highest BCUT2D eigenvalue weighted by atomic mass is 15.3. The van der Waals surface area contributed by atoms with Crippen LogP contribution in [0.5, 0.6) is 0 Å². The Labute approximate surface area is 164 Å². The van der Waals surface area contributed by atoms with Gasteiger partial charge in [-0.15, -0.1) is 10.2 Å². The lowest BCUT2D eigenvalue weighted by Gasteiger charge is -2.13. The van der Waals surface area contributed by atoms with Gasteiger partial charge in [-0.25, -0.2) is 0 Å². The molecule has 2 heterocycles. The maximum Gasteiger partial charge on any atom is 0.164 e. The van der Waals surface area contributed by atoms with Crippen molar-refractivity contribution in [3.63, 3.8) is 0 Å². The van der Waals surface area contributed by atoms with Gasteiger partial charge in [-0.3, -0.25) is 0 Å². The second-order valence-electron chi connectivity index (χ2n) is 7.45. The van der Waals surface area contributed by atoms with Crippen LogP contribution in [0.25, 0.3) is 38.9 Å². The number of benzene rings is 3. The summed E-state index contributed by atoms with van der Waals surface area (Å²) < 4.78 is 4.50. The van der Waals surface area contributed by atoms with Crippen molar-refractivity contribution < 1.29 is 0 Å². The van der Waals surface area contributed by atoms with Crippen LogP contribution in [0.2, 0.25) is 0 Å². The molecule has 0 saturated heterocycles. The number of nitrogens with zero attached hydrogens (tertiary/aromatic N) is 4. The molecule has 5 rings (SSSR count). The molecule has 0 saturated carbocycles. The number of para-hydroxylation sites is 2. The van der Waals surface area contributed by atoms with Crippen LogP contribution < -0.4 is 0 Å². The first-order chi connectivity index (χ1) is 13.6. The van der Waals surface area contributed by atoms with Crippen LogP contribution in [0.1, 0.15) is 25.7 Å². The Kier molecular flexibility index (Phi) is 3.79. The largest absolute Gasteiger partial charge is 0.309 e. The minimum Gasteiger partial charge on any atom is -0.309 e. The lowest BCUT2D eigenvalue weighted by Crippen LogP contribution is -2.05. The molecule has 28 heavy (non-hydrogen) atoms. The van der Waals surface area contributed by atoms with Crippen molar-refractivity contribution >= 4 is 21.8 Å². The molecule has 0 aliphatic carbocycles. The third-order valence-corrected chi connectivity index (χ3v) is 5.35. The van der Waals surface area contributed by atoms with Crippen molar-refractivity contribution in [2.24, 2.45) is 0 Å². The van der Waals surface area contributed by atoms with Crippen molar-refractivity contribution in [3.8, 4) is 17.1 Å². The quantitative estimate of drug-likeness (QED) is 0.397. The highest BCUT2D eigenvalue weighted by molar-refractivity contribution is 6.09. The van der Waals surface area contributed by atoms with Crippen molar-refractivity contribution in [1.82, 2.24) is 19.3 Å². The van der Waals surface area contributed by atoms with Crippen LogP contribution in [0.4, 0.5) is 0 Å². The van der Waals surface area contributed by atoms with Crippen molar-refractivity contribution in [3.05, 3.63) is 78.6 Å². The normalized spacial score (nSPS) is 11.7. The summed E-state index contributed by atoms with van der Waals surface area (Å²) in [4.78, 5) is 0. The van der Waals surface area contributed by atoms with Crippen LogP contribution in [-0.2, 0) is 0 Å². The Bertz CT molecular complexity index is 1240. The summed E-state index contributed by atoms with van der Waals surface area (Å²) >= 11 is 0. The number of aromatic nitrogens is 4. The number of fused-ring (bicyclic) bond motifs is 3. The van der Waals surface area contributed by atoms with Gasteiger partial charge in [0.05, 0.1) is 11.0 Å². The zero-order valence-electron chi connectivity index (χ0n) is 16.3. The van der Waals surface area contributed by atoms with E-state index < -0.39 is 0 Å². The molecule has 0 amide bonds. The first-order valence-corrected chi connectivity index (χ1v) is 9.65. The summed E-state index contributed by atoms with van der Waals surface area (Å²) in [6.45, 7) is 6.32. The Hall–Kier alpha value is -3.40. The van der Waals surface area contributed by atoms with E-state index in [1.807, 2.05) is 6.92 Å². The van der Waals surface area contributed by atoms with Crippen LogP contribution in [0.15, 0.2) is 72.8 Å². The molecule has 0 bridgehead atoms. The van der Waals surface area contributed by atoms with Gasteiger partial charge in [-0.1, -0.05) is 36.4 Å². The summed E-state index contributed by atoms with van der Waals surface area (Å²) in [6, 6.07) is 26.1. The summed E-state index contributed by atoms with van der Waals surface area (Å²) in [5.41, 5.74) is 4.67. The van der Waals surface area contributed by atoms with Crippen LogP contribution in [0, 0.1) is 6.92 Å². The molecule has 0 aliphatic heterocycles. The molecule has 5 aromatic rings. The molecule has 4 nitrogen and oxygen atoms in total. The number of hydrogen-bond donors (Lipinski definition) is 0.